The highest BCUT2D eigenvalue weighted by atomic mass is 16.5. The smallest absolute Gasteiger partial charge is 0.119 e. The van der Waals surface area contributed by atoms with E-state index in [1.54, 1.807) is 0 Å². The first kappa shape index (κ1) is 9.90. The Morgan fingerprint density at radius 1 is 1.40 bits per heavy atom. The van der Waals surface area contributed by atoms with E-state index >= 15 is 0 Å². The molecule has 0 fully saturated rings. The first-order chi connectivity index (χ1) is 7.40. The molecular formula is C12H16N2O. The SMILES string of the molecule is CCCOc1cccc(C2=CNCN2)c1. The van der Waals surface area contributed by atoms with E-state index in [1.807, 2.05) is 18.3 Å². The molecule has 15 heavy (non-hydrogen) atoms. The number of benzene rings is 1. The van der Waals surface area contributed by atoms with Crippen LogP contribution in [0.2, 0.25) is 0 Å². The summed E-state index contributed by atoms with van der Waals surface area (Å²) < 4.78 is 5.58. The molecule has 0 spiro atoms. The summed E-state index contributed by atoms with van der Waals surface area (Å²) in [6.45, 7) is 3.68. The molecule has 3 heteroatoms. The van der Waals surface area contributed by atoms with Crippen molar-refractivity contribution in [3.05, 3.63) is 36.0 Å². The molecule has 0 bridgehead atoms. The van der Waals surface area contributed by atoms with Crippen LogP contribution < -0.4 is 15.4 Å². The van der Waals surface area contributed by atoms with Gasteiger partial charge in [0.25, 0.3) is 0 Å². The van der Waals surface area contributed by atoms with Gasteiger partial charge >= 0.3 is 0 Å². The maximum atomic E-state index is 5.58. The summed E-state index contributed by atoms with van der Waals surface area (Å²) in [6.07, 6.45) is 3.02. The van der Waals surface area contributed by atoms with Crippen LogP contribution in [0.1, 0.15) is 18.9 Å². The third kappa shape index (κ3) is 2.43. The van der Waals surface area contributed by atoms with Crippen molar-refractivity contribution >= 4 is 5.70 Å². The van der Waals surface area contributed by atoms with E-state index in [-0.39, 0.29) is 0 Å². The van der Waals surface area contributed by atoms with E-state index in [4.69, 9.17) is 4.74 Å². The van der Waals surface area contributed by atoms with Crippen LogP contribution in [-0.2, 0) is 0 Å². The highest BCUT2D eigenvalue weighted by molar-refractivity contribution is 5.66. The lowest BCUT2D eigenvalue weighted by molar-refractivity contribution is 0.317. The van der Waals surface area contributed by atoms with Gasteiger partial charge in [0.15, 0.2) is 0 Å². The van der Waals surface area contributed by atoms with Crippen LogP contribution in [0.15, 0.2) is 30.5 Å². The monoisotopic (exact) mass is 204 g/mol. The third-order valence-electron chi connectivity index (χ3n) is 2.25. The van der Waals surface area contributed by atoms with Gasteiger partial charge in [-0.05, 0) is 18.6 Å². The van der Waals surface area contributed by atoms with Gasteiger partial charge in [0.1, 0.15) is 5.75 Å². The van der Waals surface area contributed by atoms with Crippen molar-refractivity contribution in [1.29, 1.82) is 0 Å². The molecule has 0 amide bonds. The third-order valence-corrected chi connectivity index (χ3v) is 2.25. The molecule has 0 saturated heterocycles. The fraction of sp³-hybridized carbons (Fsp3) is 0.333. The van der Waals surface area contributed by atoms with Crippen molar-refractivity contribution in [3.63, 3.8) is 0 Å². The van der Waals surface area contributed by atoms with Gasteiger partial charge in [0.05, 0.1) is 19.0 Å². The molecule has 0 atom stereocenters. The van der Waals surface area contributed by atoms with Crippen molar-refractivity contribution in [2.75, 3.05) is 13.3 Å². The van der Waals surface area contributed by atoms with Gasteiger partial charge in [-0.2, -0.15) is 0 Å². The standard InChI is InChI=1S/C12H16N2O/c1-2-6-15-11-5-3-4-10(7-11)12-8-13-9-14-12/h3-5,7-8,13-14H,2,6,9H2,1H3. The Labute approximate surface area is 90.1 Å². The van der Waals surface area contributed by atoms with Gasteiger partial charge in [-0.1, -0.05) is 19.1 Å². The largest absolute Gasteiger partial charge is 0.494 e. The number of nitrogens with one attached hydrogen (secondary N) is 2. The summed E-state index contributed by atoms with van der Waals surface area (Å²) in [7, 11) is 0. The molecule has 1 aromatic rings. The topological polar surface area (TPSA) is 33.3 Å². The minimum absolute atomic E-state index is 0.772. The number of rotatable bonds is 4. The van der Waals surface area contributed by atoms with E-state index in [0.29, 0.717) is 0 Å². The maximum absolute atomic E-state index is 5.58. The summed E-state index contributed by atoms with van der Waals surface area (Å²) in [4.78, 5) is 0. The van der Waals surface area contributed by atoms with Crippen LogP contribution in [0, 0.1) is 0 Å². The van der Waals surface area contributed by atoms with Crippen molar-refractivity contribution in [2.45, 2.75) is 13.3 Å². The second-order valence-corrected chi connectivity index (χ2v) is 3.49. The Balaban J connectivity index is 2.11. The molecule has 0 saturated carbocycles. The van der Waals surface area contributed by atoms with E-state index in [0.717, 1.165) is 36.7 Å². The average molecular weight is 204 g/mol. The lowest BCUT2D eigenvalue weighted by Gasteiger charge is -2.07. The van der Waals surface area contributed by atoms with Gasteiger partial charge in [-0.15, -0.1) is 0 Å². The molecule has 1 aliphatic heterocycles. The summed E-state index contributed by atoms with van der Waals surface area (Å²) in [6, 6.07) is 8.13. The molecule has 0 aromatic heterocycles. The Morgan fingerprint density at radius 3 is 3.07 bits per heavy atom. The molecule has 1 aliphatic rings. The quantitative estimate of drug-likeness (QED) is 0.786. The van der Waals surface area contributed by atoms with E-state index in [9.17, 15) is 0 Å². The molecule has 0 aliphatic carbocycles. The lowest BCUT2D eigenvalue weighted by Crippen LogP contribution is -2.13. The number of hydrogen-bond donors (Lipinski definition) is 2. The average Bonchev–Trinajstić information content (AvgIpc) is 2.80. The van der Waals surface area contributed by atoms with Crippen molar-refractivity contribution in [1.82, 2.24) is 10.6 Å². The van der Waals surface area contributed by atoms with Crippen molar-refractivity contribution < 1.29 is 4.74 Å². The minimum atomic E-state index is 0.772. The van der Waals surface area contributed by atoms with Crippen molar-refractivity contribution in [3.8, 4) is 5.75 Å². The zero-order valence-electron chi connectivity index (χ0n) is 8.92. The highest BCUT2D eigenvalue weighted by Crippen LogP contribution is 2.19. The Hall–Kier alpha value is -1.64. The fourth-order valence-corrected chi connectivity index (χ4v) is 1.51. The normalized spacial score (nSPS) is 14.1. The molecule has 0 radical (unpaired) electrons. The van der Waals surface area contributed by atoms with Gasteiger partial charge in [-0.25, -0.2) is 0 Å². The van der Waals surface area contributed by atoms with Gasteiger partial charge in [0.2, 0.25) is 0 Å². The van der Waals surface area contributed by atoms with Gasteiger partial charge in [-0.3, -0.25) is 0 Å². The van der Waals surface area contributed by atoms with Crippen LogP contribution >= 0.6 is 0 Å². The van der Waals surface area contributed by atoms with E-state index < -0.39 is 0 Å². The zero-order chi connectivity index (χ0) is 10.5. The Bertz CT molecular complexity index is 360. The second-order valence-electron chi connectivity index (χ2n) is 3.49. The van der Waals surface area contributed by atoms with Gasteiger partial charge in [0, 0.05) is 11.8 Å². The first-order valence-corrected chi connectivity index (χ1v) is 5.31. The predicted octanol–water partition coefficient (Wildman–Crippen LogP) is 1.92. The summed E-state index contributed by atoms with van der Waals surface area (Å²) in [5.74, 6) is 0.934. The van der Waals surface area contributed by atoms with Crippen molar-refractivity contribution in [2.24, 2.45) is 0 Å². The molecule has 1 aromatic carbocycles. The van der Waals surface area contributed by atoms with Crippen LogP contribution in [0.5, 0.6) is 5.75 Å². The zero-order valence-corrected chi connectivity index (χ0v) is 8.92. The number of ether oxygens (including phenoxy) is 1. The molecule has 80 valence electrons. The molecule has 1 heterocycles. The Morgan fingerprint density at radius 2 is 2.33 bits per heavy atom. The maximum Gasteiger partial charge on any atom is 0.119 e. The van der Waals surface area contributed by atoms with Crippen LogP contribution in [0.3, 0.4) is 0 Å². The predicted molar refractivity (Wildman–Crippen MR) is 61.3 cm³/mol. The summed E-state index contributed by atoms with van der Waals surface area (Å²) in [5, 5.41) is 6.37. The highest BCUT2D eigenvalue weighted by Gasteiger charge is 2.05. The number of hydrogen-bond acceptors (Lipinski definition) is 3. The second kappa shape index (κ2) is 4.73. The molecule has 3 nitrogen and oxygen atoms in total. The molecular weight excluding hydrogens is 188 g/mol. The molecule has 0 unspecified atom stereocenters. The van der Waals surface area contributed by atoms with E-state index in [2.05, 4.69) is 29.7 Å². The van der Waals surface area contributed by atoms with Crippen LogP contribution in [0.25, 0.3) is 5.70 Å². The molecule has 2 N–H and O–H groups in total. The van der Waals surface area contributed by atoms with Gasteiger partial charge < -0.3 is 15.4 Å². The minimum Gasteiger partial charge on any atom is -0.494 e. The van der Waals surface area contributed by atoms with Crippen LogP contribution in [-0.4, -0.2) is 13.3 Å². The summed E-state index contributed by atoms with van der Waals surface area (Å²) in [5.41, 5.74) is 2.28. The molecule has 2 rings (SSSR count). The first-order valence-electron chi connectivity index (χ1n) is 5.31. The lowest BCUT2D eigenvalue weighted by atomic mass is 10.1. The summed E-state index contributed by atoms with van der Waals surface area (Å²) >= 11 is 0. The van der Waals surface area contributed by atoms with E-state index in [1.165, 1.54) is 0 Å². The van der Waals surface area contributed by atoms with Crippen LogP contribution in [0.4, 0.5) is 0 Å². The fourth-order valence-electron chi connectivity index (χ4n) is 1.51. The Kier molecular flexibility index (Phi) is 3.12.